The van der Waals surface area contributed by atoms with Gasteiger partial charge in [-0.25, -0.2) is 0 Å². The molecule has 0 bridgehead atoms. The maximum Gasteiger partial charge on any atom is 0.249 e. The highest BCUT2D eigenvalue weighted by molar-refractivity contribution is 5.79. The van der Waals surface area contributed by atoms with Gasteiger partial charge in [0, 0.05) is 12.1 Å². The van der Waals surface area contributed by atoms with Crippen LogP contribution in [0.1, 0.15) is 44.2 Å². The second-order valence-electron chi connectivity index (χ2n) is 7.39. The molecule has 162 valence electrons. The molecule has 7 nitrogen and oxygen atoms in total. The van der Waals surface area contributed by atoms with E-state index in [0.29, 0.717) is 43.0 Å². The minimum atomic E-state index is -0.188. The lowest BCUT2D eigenvalue weighted by Gasteiger charge is -2.22. The number of rotatable bonds is 8. The normalized spacial score (nSPS) is 15.8. The first-order valence-electron chi connectivity index (χ1n) is 10.8. The number of benzene rings is 2. The lowest BCUT2D eigenvalue weighted by molar-refractivity contribution is -0.131. The van der Waals surface area contributed by atoms with Gasteiger partial charge in [0.1, 0.15) is 6.04 Å². The minimum absolute atomic E-state index is 0.0357. The van der Waals surface area contributed by atoms with Crippen molar-refractivity contribution in [2.45, 2.75) is 39.2 Å². The Morgan fingerprint density at radius 3 is 2.65 bits per heavy atom. The van der Waals surface area contributed by atoms with Gasteiger partial charge in [0.05, 0.1) is 19.6 Å². The van der Waals surface area contributed by atoms with Crippen LogP contribution in [0.15, 0.2) is 53.1 Å². The number of amides is 1. The van der Waals surface area contributed by atoms with Gasteiger partial charge in [0.15, 0.2) is 11.5 Å². The molecule has 1 fully saturated rings. The van der Waals surface area contributed by atoms with E-state index in [4.69, 9.17) is 14.0 Å². The Bertz CT molecular complexity index is 1020. The molecule has 7 heteroatoms. The molecule has 1 aromatic heterocycles. The fourth-order valence-corrected chi connectivity index (χ4v) is 3.88. The molecule has 2 aromatic carbocycles. The summed E-state index contributed by atoms with van der Waals surface area (Å²) in [7, 11) is 0. The van der Waals surface area contributed by atoms with Gasteiger partial charge in [0.25, 0.3) is 0 Å². The molecule has 1 saturated heterocycles. The molecule has 3 aromatic rings. The van der Waals surface area contributed by atoms with Crippen LogP contribution in [0.4, 0.5) is 0 Å². The van der Waals surface area contributed by atoms with Crippen LogP contribution in [0.2, 0.25) is 0 Å². The molecule has 1 amide bonds. The van der Waals surface area contributed by atoms with Gasteiger partial charge in [-0.2, -0.15) is 4.98 Å². The average molecular weight is 421 g/mol. The van der Waals surface area contributed by atoms with Crippen LogP contribution in [-0.4, -0.2) is 40.7 Å². The standard InChI is InChI=1S/C24H27N3O4/c1-3-29-20-13-12-17(15-21(20)30-4-2)16-22(28)27-14-8-11-19(27)24-25-23(26-31-24)18-9-6-5-7-10-18/h5-7,9-10,12-13,15,19H,3-4,8,11,14,16H2,1-2H3/t19-/m1/s1. The third-order valence-electron chi connectivity index (χ3n) is 5.30. The molecule has 4 rings (SSSR count). The van der Waals surface area contributed by atoms with Crippen molar-refractivity contribution in [3.63, 3.8) is 0 Å². The molecule has 1 atom stereocenters. The van der Waals surface area contributed by atoms with Crippen molar-refractivity contribution in [2.75, 3.05) is 19.8 Å². The third-order valence-corrected chi connectivity index (χ3v) is 5.30. The van der Waals surface area contributed by atoms with E-state index in [1.807, 2.05) is 67.3 Å². The molecule has 0 spiro atoms. The Morgan fingerprint density at radius 2 is 1.87 bits per heavy atom. The summed E-state index contributed by atoms with van der Waals surface area (Å²) in [6, 6.07) is 15.2. The van der Waals surface area contributed by atoms with E-state index in [1.54, 1.807) is 0 Å². The molecule has 2 heterocycles. The summed E-state index contributed by atoms with van der Waals surface area (Å²) in [5, 5.41) is 4.11. The minimum Gasteiger partial charge on any atom is -0.490 e. The quantitative estimate of drug-likeness (QED) is 0.535. The van der Waals surface area contributed by atoms with Gasteiger partial charge in [0.2, 0.25) is 17.6 Å². The van der Waals surface area contributed by atoms with Crippen molar-refractivity contribution >= 4 is 5.91 Å². The number of nitrogens with zero attached hydrogens (tertiary/aromatic N) is 3. The number of hydrogen-bond donors (Lipinski definition) is 0. The zero-order valence-electron chi connectivity index (χ0n) is 17.9. The number of ether oxygens (including phenoxy) is 2. The number of hydrogen-bond acceptors (Lipinski definition) is 6. The topological polar surface area (TPSA) is 77.7 Å². The molecule has 0 saturated carbocycles. The van der Waals surface area contributed by atoms with Crippen molar-refractivity contribution < 1.29 is 18.8 Å². The van der Waals surface area contributed by atoms with E-state index in [9.17, 15) is 4.79 Å². The number of carbonyl (C=O) groups is 1. The predicted octanol–water partition coefficient (Wildman–Crippen LogP) is 4.44. The number of likely N-dealkylation sites (tertiary alicyclic amines) is 1. The van der Waals surface area contributed by atoms with E-state index in [0.717, 1.165) is 24.0 Å². The molecule has 0 unspecified atom stereocenters. The van der Waals surface area contributed by atoms with Crippen LogP contribution >= 0.6 is 0 Å². The Labute approximate surface area is 182 Å². The van der Waals surface area contributed by atoms with Crippen LogP contribution < -0.4 is 9.47 Å². The fourth-order valence-electron chi connectivity index (χ4n) is 3.88. The molecule has 0 N–H and O–H groups in total. The number of aromatic nitrogens is 2. The Balaban J connectivity index is 1.48. The molecule has 0 aliphatic carbocycles. The predicted molar refractivity (Wildman–Crippen MR) is 116 cm³/mol. The molecule has 31 heavy (non-hydrogen) atoms. The largest absolute Gasteiger partial charge is 0.490 e. The Kier molecular flexibility index (Phi) is 6.50. The van der Waals surface area contributed by atoms with Crippen LogP contribution in [-0.2, 0) is 11.2 Å². The van der Waals surface area contributed by atoms with Gasteiger partial charge in [-0.1, -0.05) is 41.6 Å². The van der Waals surface area contributed by atoms with Crippen molar-refractivity contribution in [1.82, 2.24) is 15.0 Å². The van der Waals surface area contributed by atoms with E-state index < -0.39 is 0 Å². The first-order valence-corrected chi connectivity index (χ1v) is 10.8. The lowest BCUT2D eigenvalue weighted by Crippen LogP contribution is -2.32. The second-order valence-corrected chi connectivity index (χ2v) is 7.39. The summed E-state index contributed by atoms with van der Waals surface area (Å²) in [6.45, 7) is 5.63. The summed E-state index contributed by atoms with van der Waals surface area (Å²) in [4.78, 5) is 19.5. The highest BCUT2D eigenvalue weighted by Gasteiger charge is 2.34. The fraction of sp³-hybridized carbons (Fsp3) is 0.375. The van der Waals surface area contributed by atoms with Gasteiger partial charge in [-0.15, -0.1) is 0 Å². The third kappa shape index (κ3) is 4.71. The molecule has 1 aliphatic rings. The van der Waals surface area contributed by atoms with E-state index >= 15 is 0 Å². The van der Waals surface area contributed by atoms with Gasteiger partial charge in [-0.05, 0) is 44.4 Å². The summed E-state index contributed by atoms with van der Waals surface area (Å²) in [5.41, 5.74) is 1.78. The molecule has 1 aliphatic heterocycles. The Hall–Kier alpha value is -3.35. The maximum atomic E-state index is 13.1. The Morgan fingerprint density at radius 1 is 1.10 bits per heavy atom. The second kappa shape index (κ2) is 9.64. The van der Waals surface area contributed by atoms with Crippen LogP contribution in [0.3, 0.4) is 0 Å². The zero-order chi connectivity index (χ0) is 21.6. The van der Waals surface area contributed by atoms with E-state index in [2.05, 4.69) is 10.1 Å². The smallest absolute Gasteiger partial charge is 0.249 e. The summed E-state index contributed by atoms with van der Waals surface area (Å²) in [6.07, 6.45) is 2.01. The first kappa shape index (κ1) is 20.9. The SMILES string of the molecule is CCOc1ccc(CC(=O)N2CCC[C@@H]2c2nc(-c3ccccc3)no2)cc1OCC. The average Bonchev–Trinajstić information content (AvgIpc) is 3.46. The summed E-state index contributed by atoms with van der Waals surface area (Å²) in [5.74, 6) is 2.43. The van der Waals surface area contributed by atoms with Crippen molar-refractivity contribution in [3.8, 4) is 22.9 Å². The van der Waals surface area contributed by atoms with Crippen LogP contribution in [0.25, 0.3) is 11.4 Å². The van der Waals surface area contributed by atoms with Gasteiger partial charge >= 0.3 is 0 Å². The molecule has 0 radical (unpaired) electrons. The lowest BCUT2D eigenvalue weighted by atomic mass is 10.1. The highest BCUT2D eigenvalue weighted by atomic mass is 16.5. The number of carbonyl (C=O) groups excluding carboxylic acids is 1. The summed E-state index contributed by atoms with van der Waals surface area (Å²) >= 11 is 0. The zero-order valence-corrected chi connectivity index (χ0v) is 17.9. The van der Waals surface area contributed by atoms with Crippen molar-refractivity contribution in [2.24, 2.45) is 0 Å². The maximum absolute atomic E-state index is 13.1. The van der Waals surface area contributed by atoms with Gasteiger partial charge in [-0.3, -0.25) is 4.79 Å². The molecular weight excluding hydrogens is 394 g/mol. The van der Waals surface area contributed by atoms with Crippen LogP contribution in [0, 0.1) is 0 Å². The van der Waals surface area contributed by atoms with Crippen molar-refractivity contribution in [3.05, 3.63) is 60.0 Å². The van der Waals surface area contributed by atoms with Crippen LogP contribution in [0.5, 0.6) is 11.5 Å². The monoisotopic (exact) mass is 421 g/mol. The summed E-state index contributed by atoms with van der Waals surface area (Å²) < 4.78 is 16.8. The first-order chi connectivity index (χ1) is 15.2. The highest BCUT2D eigenvalue weighted by Crippen LogP contribution is 2.33. The van der Waals surface area contributed by atoms with E-state index in [-0.39, 0.29) is 18.4 Å². The van der Waals surface area contributed by atoms with Crippen molar-refractivity contribution in [1.29, 1.82) is 0 Å². The van der Waals surface area contributed by atoms with Gasteiger partial charge < -0.3 is 18.9 Å². The molecular formula is C24H27N3O4. The van der Waals surface area contributed by atoms with E-state index in [1.165, 1.54) is 0 Å².